The molecule has 0 fully saturated rings. The zero-order chi connectivity index (χ0) is 18.9. The summed E-state index contributed by atoms with van der Waals surface area (Å²) in [5.41, 5.74) is 1.35. The lowest BCUT2D eigenvalue weighted by atomic mass is 10.2. The third kappa shape index (κ3) is 5.93. The van der Waals surface area contributed by atoms with Gasteiger partial charge in [0.1, 0.15) is 0 Å². The van der Waals surface area contributed by atoms with Gasteiger partial charge in [-0.05, 0) is 42.0 Å². The molecule has 0 aliphatic rings. The number of anilines is 1. The molecule has 1 amide bonds. The summed E-state index contributed by atoms with van der Waals surface area (Å²) in [5.74, 6) is 0.105. The first kappa shape index (κ1) is 19.5. The van der Waals surface area contributed by atoms with Crippen molar-refractivity contribution in [2.75, 3.05) is 26.1 Å². The van der Waals surface area contributed by atoms with Gasteiger partial charge < -0.3 is 19.5 Å². The van der Waals surface area contributed by atoms with Gasteiger partial charge in [-0.15, -0.1) is 0 Å². The lowest BCUT2D eigenvalue weighted by Crippen LogP contribution is -2.20. The first-order chi connectivity index (χ1) is 12.5. The molecule has 2 rings (SSSR count). The van der Waals surface area contributed by atoms with E-state index < -0.39 is 11.9 Å². The number of benzene rings is 2. The summed E-state index contributed by atoms with van der Waals surface area (Å²) in [5, 5.41) is 2.64. The second kappa shape index (κ2) is 9.62. The first-order valence-corrected chi connectivity index (χ1v) is 8.43. The van der Waals surface area contributed by atoms with E-state index in [-0.39, 0.29) is 6.61 Å². The molecule has 2 aromatic rings. The van der Waals surface area contributed by atoms with E-state index in [2.05, 4.69) is 21.2 Å². The maximum absolute atomic E-state index is 11.8. The molecule has 0 radical (unpaired) electrons. The molecule has 6 nitrogen and oxygen atoms in total. The van der Waals surface area contributed by atoms with Crippen LogP contribution in [0.5, 0.6) is 11.5 Å². The number of hydrogen-bond acceptors (Lipinski definition) is 5. The maximum atomic E-state index is 11.8. The molecule has 26 heavy (non-hydrogen) atoms. The van der Waals surface area contributed by atoms with Gasteiger partial charge in [0, 0.05) is 16.2 Å². The molecule has 0 aromatic heterocycles. The summed E-state index contributed by atoms with van der Waals surface area (Å²) in [7, 11) is 3.08. The van der Waals surface area contributed by atoms with Crippen LogP contribution in [0.25, 0.3) is 6.08 Å². The Morgan fingerprint density at radius 1 is 1.08 bits per heavy atom. The van der Waals surface area contributed by atoms with E-state index in [0.717, 1.165) is 10.0 Å². The third-order valence-electron chi connectivity index (χ3n) is 3.27. The fourth-order valence-electron chi connectivity index (χ4n) is 2.07. The number of nitrogens with one attached hydrogen (secondary N) is 1. The van der Waals surface area contributed by atoms with Gasteiger partial charge in [-0.3, -0.25) is 4.79 Å². The van der Waals surface area contributed by atoms with Crippen molar-refractivity contribution in [3.63, 3.8) is 0 Å². The standard InChI is InChI=1S/C19H18BrNO5/c1-24-16-8-6-13(10-17(16)25-2)7-9-19(23)26-12-18(22)21-15-5-3-4-14(20)11-15/h3-11H,12H2,1-2H3,(H,21,22)/b9-7+. The maximum Gasteiger partial charge on any atom is 0.331 e. The predicted molar refractivity (Wildman–Crippen MR) is 102 cm³/mol. The zero-order valence-corrected chi connectivity index (χ0v) is 15.9. The van der Waals surface area contributed by atoms with Gasteiger partial charge in [0.05, 0.1) is 14.2 Å². The fraction of sp³-hybridized carbons (Fsp3) is 0.158. The van der Waals surface area contributed by atoms with E-state index in [4.69, 9.17) is 14.2 Å². The average molecular weight is 420 g/mol. The number of carbonyl (C=O) groups excluding carboxylic acids is 2. The van der Waals surface area contributed by atoms with Crippen molar-refractivity contribution in [2.45, 2.75) is 0 Å². The monoisotopic (exact) mass is 419 g/mol. The highest BCUT2D eigenvalue weighted by atomic mass is 79.9. The van der Waals surface area contributed by atoms with Crippen molar-refractivity contribution < 1.29 is 23.8 Å². The Hall–Kier alpha value is -2.80. The topological polar surface area (TPSA) is 73.9 Å². The van der Waals surface area contributed by atoms with Crippen LogP contribution in [0, 0.1) is 0 Å². The van der Waals surface area contributed by atoms with Crippen LogP contribution in [0.4, 0.5) is 5.69 Å². The molecule has 136 valence electrons. The van der Waals surface area contributed by atoms with Crippen LogP contribution < -0.4 is 14.8 Å². The van der Waals surface area contributed by atoms with E-state index in [0.29, 0.717) is 17.2 Å². The molecule has 0 unspecified atom stereocenters. The van der Waals surface area contributed by atoms with Crippen LogP contribution >= 0.6 is 15.9 Å². The minimum atomic E-state index is -0.621. The summed E-state index contributed by atoms with van der Waals surface area (Å²) >= 11 is 3.31. The molecule has 0 aliphatic carbocycles. The SMILES string of the molecule is COc1ccc(/C=C/C(=O)OCC(=O)Nc2cccc(Br)c2)cc1OC. The van der Waals surface area contributed by atoms with E-state index >= 15 is 0 Å². The molecule has 0 saturated carbocycles. The van der Waals surface area contributed by atoms with Gasteiger partial charge in [-0.1, -0.05) is 28.1 Å². The summed E-state index contributed by atoms with van der Waals surface area (Å²) in [4.78, 5) is 23.6. The van der Waals surface area contributed by atoms with Gasteiger partial charge in [0.15, 0.2) is 18.1 Å². The minimum absolute atomic E-state index is 0.373. The van der Waals surface area contributed by atoms with E-state index in [1.54, 1.807) is 49.6 Å². The molecule has 0 saturated heterocycles. The van der Waals surface area contributed by atoms with Gasteiger partial charge in [-0.2, -0.15) is 0 Å². The van der Waals surface area contributed by atoms with Gasteiger partial charge in [-0.25, -0.2) is 4.79 Å². The first-order valence-electron chi connectivity index (χ1n) is 7.64. The Kier molecular flexibility index (Phi) is 7.23. The molecule has 0 spiro atoms. The number of ether oxygens (including phenoxy) is 3. The Morgan fingerprint density at radius 2 is 1.85 bits per heavy atom. The van der Waals surface area contributed by atoms with E-state index in [1.807, 2.05) is 6.07 Å². The van der Waals surface area contributed by atoms with Crippen molar-refractivity contribution >= 4 is 39.6 Å². The number of hydrogen-bond donors (Lipinski definition) is 1. The lowest BCUT2D eigenvalue weighted by molar-refractivity contribution is -0.142. The molecule has 0 heterocycles. The van der Waals surface area contributed by atoms with Crippen molar-refractivity contribution in [3.8, 4) is 11.5 Å². The van der Waals surface area contributed by atoms with Crippen LogP contribution in [0.1, 0.15) is 5.56 Å². The van der Waals surface area contributed by atoms with Gasteiger partial charge >= 0.3 is 5.97 Å². The average Bonchev–Trinajstić information content (AvgIpc) is 2.64. The molecule has 2 aromatic carbocycles. The lowest BCUT2D eigenvalue weighted by Gasteiger charge is -2.07. The normalized spacial score (nSPS) is 10.4. The summed E-state index contributed by atoms with van der Waals surface area (Å²) in [6.07, 6.45) is 2.81. The number of esters is 1. The highest BCUT2D eigenvalue weighted by Crippen LogP contribution is 2.27. The highest BCUT2D eigenvalue weighted by molar-refractivity contribution is 9.10. The van der Waals surface area contributed by atoms with E-state index in [9.17, 15) is 9.59 Å². The Bertz CT molecular complexity index is 819. The Morgan fingerprint density at radius 3 is 2.54 bits per heavy atom. The second-order valence-electron chi connectivity index (χ2n) is 5.11. The van der Waals surface area contributed by atoms with Crippen LogP contribution in [0.15, 0.2) is 53.0 Å². The van der Waals surface area contributed by atoms with Crippen LogP contribution in [-0.2, 0) is 14.3 Å². The number of rotatable bonds is 7. The molecular formula is C19H18BrNO5. The van der Waals surface area contributed by atoms with Crippen LogP contribution in [0.2, 0.25) is 0 Å². The summed E-state index contributed by atoms with van der Waals surface area (Å²) in [6, 6.07) is 12.3. The molecular weight excluding hydrogens is 402 g/mol. The number of halogens is 1. The molecule has 0 bridgehead atoms. The Balaban J connectivity index is 1.86. The molecule has 0 aliphatic heterocycles. The largest absolute Gasteiger partial charge is 0.493 e. The number of carbonyl (C=O) groups is 2. The molecule has 0 atom stereocenters. The Labute approximate surface area is 159 Å². The summed E-state index contributed by atoms with van der Waals surface area (Å²) < 4.78 is 16.1. The van der Waals surface area contributed by atoms with Gasteiger partial charge in [0.2, 0.25) is 0 Å². The van der Waals surface area contributed by atoms with E-state index in [1.165, 1.54) is 13.2 Å². The molecule has 1 N–H and O–H groups in total. The quantitative estimate of drug-likeness (QED) is 0.547. The summed E-state index contributed by atoms with van der Waals surface area (Å²) in [6.45, 7) is -0.373. The zero-order valence-electron chi connectivity index (χ0n) is 14.3. The predicted octanol–water partition coefficient (Wildman–Crippen LogP) is 3.66. The minimum Gasteiger partial charge on any atom is -0.493 e. The van der Waals surface area contributed by atoms with Gasteiger partial charge in [0.25, 0.3) is 5.91 Å². The number of amides is 1. The third-order valence-corrected chi connectivity index (χ3v) is 3.77. The van der Waals surface area contributed by atoms with Crippen LogP contribution in [0.3, 0.4) is 0 Å². The van der Waals surface area contributed by atoms with Crippen molar-refractivity contribution in [1.82, 2.24) is 0 Å². The fourth-order valence-corrected chi connectivity index (χ4v) is 2.47. The highest BCUT2D eigenvalue weighted by Gasteiger charge is 2.07. The smallest absolute Gasteiger partial charge is 0.331 e. The van der Waals surface area contributed by atoms with Crippen molar-refractivity contribution in [1.29, 1.82) is 0 Å². The second-order valence-corrected chi connectivity index (χ2v) is 6.03. The van der Waals surface area contributed by atoms with Crippen molar-refractivity contribution in [2.24, 2.45) is 0 Å². The van der Waals surface area contributed by atoms with Crippen LogP contribution in [-0.4, -0.2) is 32.7 Å². The van der Waals surface area contributed by atoms with Crippen molar-refractivity contribution in [3.05, 3.63) is 58.6 Å². The molecule has 7 heteroatoms. The number of methoxy groups -OCH3 is 2.